The van der Waals surface area contributed by atoms with Crippen LogP contribution >= 0.6 is 11.3 Å². The number of hydrogen-bond acceptors (Lipinski definition) is 5. The minimum atomic E-state index is -0.147. The monoisotopic (exact) mass is 341 g/mol. The van der Waals surface area contributed by atoms with Crippen molar-refractivity contribution in [3.63, 3.8) is 0 Å². The van der Waals surface area contributed by atoms with E-state index in [1.807, 2.05) is 31.2 Å². The Labute approximate surface area is 143 Å². The number of nitrogens with two attached hydrogens (primary N) is 1. The molecule has 0 spiro atoms. The number of rotatable bonds is 3. The van der Waals surface area contributed by atoms with E-state index in [2.05, 4.69) is 5.32 Å². The molecule has 1 atom stereocenters. The number of benzene rings is 1. The van der Waals surface area contributed by atoms with E-state index < -0.39 is 0 Å². The van der Waals surface area contributed by atoms with Gasteiger partial charge in [0.25, 0.3) is 5.91 Å². The molecule has 5 nitrogen and oxygen atoms in total. The Morgan fingerprint density at radius 1 is 1.50 bits per heavy atom. The number of thiophene rings is 1. The predicted molar refractivity (Wildman–Crippen MR) is 97.6 cm³/mol. The van der Waals surface area contributed by atoms with Gasteiger partial charge in [0.05, 0.1) is 17.3 Å². The molecule has 0 bridgehead atoms. The SMILES string of the molecule is Cc1cccc2cc3c(N)c(C(=O)NC[C@@H]4CCCO4)sc3nc12. The van der Waals surface area contributed by atoms with Gasteiger partial charge in [-0.05, 0) is 31.4 Å². The minimum absolute atomic E-state index is 0.118. The van der Waals surface area contributed by atoms with Crippen molar-refractivity contribution in [1.82, 2.24) is 10.3 Å². The van der Waals surface area contributed by atoms with Gasteiger partial charge in [-0.15, -0.1) is 11.3 Å². The molecular formula is C18H19N3O2S. The van der Waals surface area contributed by atoms with Crippen molar-refractivity contribution in [1.29, 1.82) is 0 Å². The van der Waals surface area contributed by atoms with Crippen LogP contribution in [0.15, 0.2) is 24.3 Å². The van der Waals surface area contributed by atoms with Gasteiger partial charge in [-0.3, -0.25) is 4.79 Å². The second-order valence-corrected chi connectivity index (χ2v) is 7.18. The first-order valence-corrected chi connectivity index (χ1v) is 8.93. The molecule has 1 saturated heterocycles. The molecule has 124 valence electrons. The number of amides is 1. The van der Waals surface area contributed by atoms with Crippen LogP contribution in [-0.2, 0) is 4.74 Å². The molecule has 1 amide bonds. The third-order valence-electron chi connectivity index (χ3n) is 4.47. The number of aryl methyl sites for hydroxylation is 1. The van der Waals surface area contributed by atoms with Gasteiger partial charge in [0.2, 0.25) is 0 Å². The molecule has 3 heterocycles. The highest BCUT2D eigenvalue weighted by Crippen LogP contribution is 2.35. The van der Waals surface area contributed by atoms with Crippen molar-refractivity contribution in [3.8, 4) is 0 Å². The maximum atomic E-state index is 12.5. The van der Waals surface area contributed by atoms with E-state index in [1.54, 1.807) is 0 Å². The van der Waals surface area contributed by atoms with Gasteiger partial charge in [-0.25, -0.2) is 4.98 Å². The number of ether oxygens (including phenoxy) is 1. The number of para-hydroxylation sites is 1. The Balaban J connectivity index is 1.68. The molecule has 1 fully saturated rings. The number of carbonyl (C=O) groups excluding carboxylic acids is 1. The zero-order chi connectivity index (χ0) is 16.7. The molecule has 2 aromatic heterocycles. The Hall–Kier alpha value is -2.18. The summed E-state index contributed by atoms with van der Waals surface area (Å²) < 4.78 is 5.54. The topological polar surface area (TPSA) is 77.2 Å². The molecule has 1 aliphatic rings. The highest BCUT2D eigenvalue weighted by atomic mass is 32.1. The molecule has 4 rings (SSSR count). The Morgan fingerprint density at radius 2 is 2.38 bits per heavy atom. The summed E-state index contributed by atoms with van der Waals surface area (Å²) in [6.07, 6.45) is 2.17. The first-order valence-electron chi connectivity index (χ1n) is 8.11. The first-order chi connectivity index (χ1) is 11.6. The quantitative estimate of drug-likeness (QED) is 0.766. The van der Waals surface area contributed by atoms with Crippen LogP contribution in [0.4, 0.5) is 5.69 Å². The Kier molecular flexibility index (Phi) is 3.86. The summed E-state index contributed by atoms with van der Waals surface area (Å²) in [6.45, 7) is 3.34. The molecular weight excluding hydrogens is 322 g/mol. The van der Waals surface area contributed by atoms with Crippen LogP contribution in [0.3, 0.4) is 0 Å². The van der Waals surface area contributed by atoms with Crippen LogP contribution < -0.4 is 11.1 Å². The number of aromatic nitrogens is 1. The first kappa shape index (κ1) is 15.4. The number of pyridine rings is 1. The number of nitrogen functional groups attached to an aromatic ring is 1. The van der Waals surface area contributed by atoms with Gasteiger partial charge in [0, 0.05) is 23.9 Å². The molecule has 1 aromatic carbocycles. The zero-order valence-corrected chi connectivity index (χ0v) is 14.3. The van der Waals surface area contributed by atoms with Crippen molar-refractivity contribution < 1.29 is 9.53 Å². The van der Waals surface area contributed by atoms with E-state index in [4.69, 9.17) is 15.5 Å². The number of hydrogen-bond donors (Lipinski definition) is 2. The van der Waals surface area contributed by atoms with Crippen LogP contribution in [0, 0.1) is 6.92 Å². The molecule has 24 heavy (non-hydrogen) atoms. The summed E-state index contributed by atoms with van der Waals surface area (Å²) in [6, 6.07) is 8.08. The van der Waals surface area contributed by atoms with Crippen molar-refractivity contribution in [2.75, 3.05) is 18.9 Å². The van der Waals surface area contributed by atoms with Gasteiger partial charge in [-0.2, -0.15) is 0 Å². The highest BCUT2D eigenvalue weighted by molar-refractivity contribution is 7.21. The average molecular weight is 341 g/mol. The number of nitrogens with zero attached hydrogens (tertiary/aromatic N) is 1. The highest BCUT2D eigenvalue weighted by Gasteiger charge is 2.21. The maximum absolute atomic E-state index is 12.5. The summed E-state index contributed by atoms with van der Waals surface area (Å²) in [5, 5.41) is 4.82. The fourth-order valence-electron chi connectivity index (χ4n) is 3.14. The average Bonchev–Trinajstić information content (AvgIpc) is 3.20. The van der Waals surface area contributed by atoms with Crippen LogP contribution in [0.2, 0.25) is 0 Å². The second-order valence-electron chi connectivity index (χ2n) is 6.18. The molecule has 0 radical (unpaired) electrons. The van der Waals surface area contributed by atoms with Crippen molar-refractivity contribution in [2.45, 2.75) is 25.9 Å². The Morgan fingerprint density at radius 3 is 3.17 bits per heavy atom. The lowest BCUT2D eigenvalue weighted by Crippen LogP contribution is -2.31. The summed E-state index contributed by atoms with van der Waals surface area (Å²) in [4.78, 5) is 18.5. The smallest absolute Gasteiger partial charge is 0.263 e. The third-order valence-corrected chi connectivity index (χ3v) is 5.58. The van der Waals surface area contributed by atoms with Crippen LogP contribution in [0.1, 0.15) is 28.1 Å². The summed E-state index contributed by atoms with van der Waals surface area (Å²) in [5.41, 5.74) is 8.81. The van der Waals surface area contributed by atoms with Gasteiger partial charge >= 0.3 is 0 Å². The molecule has 0 saturated carbocycles. The van der Waals surface area contributed by atoms with E-state index in [9.17, 15) is 4.79 Å². The van der Waals surface area contributed by atoms with Crippen molar-refractivity contribution in [2.24, 2.45) is 0 Å². The fraction of sp³-hybridized carbons (Fsp3) is 0.333. The zero-order valence-electron chi connectivity index (χ0n) is 13.5. The predicted octanol–water partition coefficient (Wildman–Crippen LogP) is 3.25. The van der Waals surface area contributed by atoms with Gasteiger partial charge < -0.3 is 15.8 Å². The molecule has 0 unspecified atom stereocenters. The van der Waals surface area contributed by atoms with Crippen molar-refractivity contribution >= 4 is 44.1 Å². The molecule has 0 aliphatic carbocycles. The van der Waals surface area contributed by atoms with E-state index in [0.717, 1.165) is 46.1 Å². The number of carbonyl (C=O) groups is 1. The second kappa shape index (κ2) is 6.03. The van der Waals surface area contributed by atoms with Gasteiger partial charge in [0.1, 0.15) is 9.71 Å². The normalized spacial score (nSPS) is 17.6. The molecule has 6 heteroatoms. The molecule has 3 N–H and O–H groups in total. The van der Waals surface area contributed by atoms with Gasteiger partial charge in [-0.1, -0.05) is 18.2 Å². The summed E-state index contributed by atoms with van der Waals surface area (Å²) >= 11 is 1.35. The standard InChI is InChI=1S/C18H19N3O2S/c1-10-4-2-5-11-8-13-14(19)16(24-18(13)21-15(10)11)17(22)20-9-12-6-3-7-23-12/h2,4-5,8,12H,3,6-7,9,19H2,1H3,(H,20,22)/t12-/m0/s1. The van der Waals surface area contributed by atoms with Crippen LogP contribution in [0.25, 0.3) is 21.1 Å². The van der Waals surface area contributed by atoms with Crippen LogP contribution in [0.5, 0.6) is 0 Å². The lowest BCUT2D eigenvalue weighted by atomic mass is 10.1. The Bertz CT molecular complexity index is 929. The van der Waals surface area contributed by atoms with E-state index >= 15 is 0 Å². The lowest BCUT2D eigenvalue weighted by Gasteiger charge is -2.10. The summed E-state index contributed by atoms with van der Waals surface area (Å²) in [7, 11) is 0. The van der Waals surface area contributed by atoms with Crippen LogP contribution in [-0.4, -0.2) is 30.1 Å². The maximum Gasteiger partial charge on any atom is 0.263 e. The van der Waals surface area contributed by atoms with Gasteiger partial charge in [0.15, 0.2) is 0 Å². The van der Waals surface area contributed by atoms with E-state index in [0.29, 0.717) is 17.1 Å². The fourth-order valence-corrected chi connectivity index (χ4v) is 4.13. The number of anilines is 1. The third kappa shape index (κ3) is 2.61. The largest absolute Gasteiger partial charge is 0.397 e. The minimum Gasteiger partial charge on any atom is -0.397 e. The number of nitrogens with one attached hydrogen (secondary N) is 1. The van der Waals surface area contributed by atoms with E-state index in [-0.39, 0.29) is 12.0 Å². The van der Waals surface area contributed by atoms with E-state index in [1.165, 1.54) is 11.3 Å². The lowest BCUT2D eigenvalue weighted by molar-refractivity contribution is 0.0862. The molecule has 1 aliphatic heterocycles. The summed E-state index contributed by atoms with van der Waals surface area (Å²) in [5.74, 6) is -0.147. The molecule has 3 aromatic rings. The number of fused-ring (bicyclic) bond motifs is 2. The van der Waals surface area contributed by atoms with Crippen molar-refractivity contribution in [3.05, 3.63) is 34.7 Å².